The average Bonchev–Trinajstić information content (AvgIpc) is 2.47. The van der Waals surface area contributed by atoms with Crippen molar-refractivity contribution in [2.75, 3.05) is 6.26 Å². The smallest absolute Gasteiger partial charge is 0.171 e. The van der Waals surface area contributed by atoms with E-state index in [1.807, 2.05) is 36.6 Å². The minimum Gasteiger partial charge on any atom is -0.503 e. The summed E-state index contributed by atoms with van der Waals surface area (Å²) in [5.74, 6) is 0.409. The fourth-order valence-electron chi connectivity index (χ4n) is 1.67. The lowest BCUT2D eigenvalue weighted by atomic mass is 10.2. The van der Waals surface area contributed by atoms with Crippen molar-refractivity contribution in [3.63, 3.8) is 0 Å². The molecule has 0 spiro atoms. The maximum absolute atomic E-state index is 10.9. The number of carbonyl (C=O) groups excluding carboxylic acids is 1. The van der Waals surface area contributed by atoms with Crippen LogP contribution in [0, 0.1) is 0 Å². The molecule has 0 atom stereocenters. The molecule has 0 aromatic heterocycles. The molecule has 0 radical (unpaired) electrons. The molecule has 0 aliphatic heterocycles. The second-order valence-electron chi connectivity index (χ2n) is 3.96. The molecular weight excluding hydrogens is 260 g/mol. The van der Waals surface area contributed by atoms with Crippen molar-refractivity contribution in [2.24, 2.45) is 0 Å². The topological polar surface area (TPSA) is 46.5 Å². The Kier molecular flexibility index (Phi) is 4.47. The molecule has 0 amide bonds. The standard InChI is InChI=1S/C15H14O3S/c1-19-14-8-12(9-16)7-13(15(14)17)18-10-11-5-3-2-4-6-11/h2-9,17H,10H2,1H3. The van der Waals surface area contributed by atoms with Crippen molar-refractivity contribution in [2.45, 2.75) is 11.5 Å². The van der Waals surface area contributed by atoms with Crippen LogP contribution in [0.3, 0.4) is 0 Å². The molecule has 98 valence electrons. The number of thioether (sulfide) groups is 1. The molecule has 2 rings (SSSR count). The number of carbonyl (C=O) groups is 1. The fraction of sp³-hybridized carbons (Fsp3) is 0.133. The number of hydrogen-bond donors (Lipinski definition) is 1. The van der Waals surface area contributed by atoms with Crippen LogP contribution in [0.25, 0.3) is 0 Å². The van der Waals surface area contributed by atoms with E-state index in [2.05, 4.69) is 0 Å². The van der Waals surface area contributed by atoms with Crippen molar-refractivity contribution in [1.29, 1.82) is 0 Å². The lowest BCUT2D eigenvalue weighted by Crippen LogP contribution is -1.97. The first-order chi connectivity index (χ1) is 9.24. The van der Waals surface area contributed by atoms with Gasteiger partial charge in [-0.1, -0.05) is 30.3 Å². The van der Waals surface area contributed by atoms with Gasteiger partial charge in [0.2, 0.25) is 0 Å². The molecule has 3 nitrogen and oxygen atoms in total. The largest absolute Gasteiger partial charge is 0.503 e. The molecule has 0 aliphatic rings. The average molecular weight is 274 g/mol. The fourth-order valence-corrected chi connectivity index (χ4v) is 2.22. The lowest BCUT2D eigenvalue weighted by Gasteiger charge is -2.11. The van der Waals surface area contributed by atoms with E-state index in [-0.39, 0.29) is 5.75 Å². The molecule has 0 aliphatic carbocycles. The number of hydrogen-bond acceptors (Lipinski definition) is 4. The maximum atomic E-state index is 10.9. The zero-order chi connectivity index (χ0) is 13.7. The van der Waals surface area contributed by atoms with E-state index >= 15 is 0 Å². The van der Waals surface area contributed by atoms with Crippen molar-refractivity contribution < 1.29 is 14.6 Å². The molecule has 2 aromatic rings. The number of benzene rings is 2. The van der Waals surface area contributed by atoms with Crippen molar-refractivity contribution in [3.05, 3.63) is 53.6 Å². The molecule has 1 N–H and O–H groups in total. The maximum Gasteiger partial charge on any atom is 0.171 e. The van der Waals surface area contributed by atoms with Gasteiger partial charge < -0.3 is 9.84 Å². The summed E-state index contributed by atoms with van der Waals surface area (Å²) in [6.45, 7) is 0.352. The number of phenols is 1. The van der Waals surface area contributed by atoms with E-state index in [4.69, 9.17) is 4.74 Å². The molecule has 0 saturated carbocycles. The van der Waals surface area contributed by atoms with Crippen LogP contribution in [0.15, 0.2) is 47.4 Å². The Morgan fingerprint density at radius 2 is 2.00 bits per heavy atom. The van der Waals surface area contributed by atoms with Gasteiger partial charge in [-0.25, -0.2) is 0 Å². The quantitative estimate of drug-likeness (QED) is 0.669. The van der Waals surface area contributed by atoms with Crippen LogP contribution in [0.4, 0.5) is 0 Å². The van der Waals surface area contributed by atoms with Gasteiger partial charge in [-0.2, -0.15) is 0 Å². The highest BCUT2D eigenvalue weighted by molar-refractivity contribution is 7.98. The first-order valence-corrected chi connectivity index (χ1v) is 7.00. The third kappa shape index (κ3) is 3.29. The SMILES string of the molecule is CSc1cc(C=O)cc(OCc2ccccc2)c1O. The summed E-state index contributed by atoms with van der Waals surface area (Å²) in [6.07, 6.45) is 2.58. The number of aromatic hydroxyl groups is 1. The predicted molar refractivity (Wildman–Crippen MR) is 76.0 cm³/mol. The summed E-state index contributed by atoms with van der Waals surface area (Å²) in [5, 5.41) is 10.0. The van der Waals surface area contributed by atoms with Crippen LogP contribution in [-0.4, -0.2) is 17.6 Å². The summed E-state index contributed by atoms with van der Waals surface area (Å²) in [7, 11) is 0. The molecule has 0 heterocycles. The van der Waals surface area contributed by atoms with Crippen molar-refractivity contribution in [3.8, 4) is 11.5 Å². The second kappa shape index (κ2) is 6.29. The van der Waals surface area contributed by atoms with Gasteiger partial charge >= 0.3 is 0 Å². The second-order valence-corrected chi connectivity index (χ2v) is 4.81. The zero-order valence-electron chi connectivity index (χ0n) is 10.5. The highest BCUT2D eigenvalue weighted by Gasteiger charge is 2.10. The van der Waals surface area contributed by atoms with Crippen LogP contribution < -0.4 is 4.74 Å². The van der Waals surface area contributed by atoms with Gasteiger partial charge in [-0.05, 0) is 24.0 Å². The molecule has 0 saturated heterocycles. The monoisotopic (exact) mass is 274 g/mol. The molecule has 0 bridgehead atoms. The van der Waals surface area contributed by atoms with Crippen LogP contribution >= 0.6 is 11.8 Å². The minimum absolute atomic E-state index is 0.0778. The molecule has 4 heteroatoms. The Morgan fingerprint density at radius 3 is 2.63 bits per heavy atom. The highest BCUT2D eigenvalue weighted by atomic mass is 32.2. The summed E-state index contributed by atoms with van der Waals surface area (Å²) in [4.78, 5) is 11.5. The van der Waals surface area contributed by atoms with Crippen LogP contribution in [-0.2, 0) is 6.61 Å². The van der Waals surface area contributed by atoms with E-state index in [0.29, 0.717) is 22.8 Å². The van der Waals surface area contributed by atoms with E-state index in [9.17, 15) is 9.90 Å². The summed E-state index contributed by atoms with van der Waals surface area (Å²) >= 11 is 1.37. The summed E-state index contributed by atoms with van der Waals surface area (Å²) < 4.78 is 5.59. The number of ether oxygens (including phenoxy) is 1. The van der Waals surface area contributed by atoms with Gasteiger partial charge in [0.25, 0.3) is 0 Å². The van der Waals surface area contributed by atoms with E-state index in [0.717, 1.165) is 11.8 Å². The van der Waals surface area contributed by atoms with E-state index in [1.54, 1.807) is 12.1 Å². The first kappa shape index (κ1) is 13.5. The Hall–Kier alpha value is -1.94. The highest BCUT2D eigenvalue weighted by Crippen LogP contribution is 2.37. The Bertz CT molecular complexity index is 567. The Balaban J connectivity index is 2.22. The van der Waals surface area contributed by atoms with E-state index in [1.165, 1.54) is 11.8 Å². The number of aldehydes is 1. The normalized spacial score (nSPS) is 10.2. The molecular formula is C15H14O3S. The van der Waals surface area contributed by atoms with Gasteiger partial charge in [0.15, 0.2) is 11.5 Å². The van der Waals surface area contributed by atoms with Gasteiger partial charge in [0.05, 0.1) is 4.90 Å². The molecule has 2 aromatic carbocycles. The van der Waals surface area contributed by atoms with Crippen molar-refractivity contribution >= 4 is 18.0 Å². The summed E-state index contributed by atoms with van der Waals surface area (Å²) in [6, 6.07) is 12.8. The minimum atomic E-state index is 0.0778. The van der Waals surface area contributed by atoms with Crippen LogP contribution in [0.5, 0.6) is 11.5 Å². The van der Waals surface area contributed by atoms with Gasteiger partial charge in [-0.3, -0.25) is 4.79 Å². The first-order valence-electron chi connectivity index (χ1n) is 5.77. The van der Waals surface area contributed by atoms with E-state index < -0.39 is 0 Å². The third-order valence-corrected chi connectivity index (χ3v) is 3.41. The van der Waals surface area contributed by atoms with Gasteiger partial charge in [-0.15, -0.1) is 11.8 Å². The predicted octanol–water partition coefficient (Wildman–Crippen LogP) is 3.51. The number of rotatable bonds is 5. The lowest BCUT2D eigenvalue weighted by molar-refractivity contribution is 0.112. The van der Waals surface area contributed by atoms with Crippen molar-refractivity contribution in [1.82, 2.24) is 0 Å². The summed E-state index contributed by atoms with van der Waals surface area (Å²) in [5.41, 5.74) is 1.49. The third-order valence-electron chi connectivity index (χ3n) is 2.66. The van der Waals surface area contributed by atoms with Crippen LogP contribution in [0.1, 0.15) is 15.9 Å². The molecule has 0 fully saturated rings. The molecule has 0 unspecified atom stereocenters. The van der Waals surface area contributed by atoms with Gasteiger partial charge in [0, 0.05) is 5.56 Å². The number of phenolic OH excluding ortho intramolecular Hbond substituents is 1. The Labute approximate surface area is 116 Å². The zero-order valence-corrected chi connectivity index (χ0v) is 11.3. The van der Waals surface area contributed by atoms with Crippen LogP contribution in [0.2, 0.25) is 0 Å². The molecule has 19 heavy (non-hydrogen) atoms. The van der Waals surface area contributed by atoms with Gasteiger partial charge in [0.1, 0.15) is 12.9 Å². The Morgan fingerprint density at radius 1 is 1.26 bits per heavy atom.